The van der Waals surface area contributed by atoms with E-state index in [2.05, 4.69) is 15.6 Å². The number of anilines is 1. The Balaban J connectivity index is 1.53. The third kappa shape index (κ3) is 2.81. The van der Waals surface area contributed by atoms with E-state index in [1.54, 1.807) is 13.3 Å². The summed E-state index contributed by atoms with van der Waals surface area (Å²) < 4.78 is 5.03. The Bertz CT molecular complexity index is 462. The van der Waals surface area contributed by atoms with Gasteiger partial charge >= 0.3 is 0 Å². The molecule has 2 fully saturated rings. The van der Waals surface area contributed by atoms with Gasteiger partial charge in [-0.3, -0.25) is 0 Å². The Morgan fingerprint density at radius 1 is 1.37 bits per heavy atom. The van der Waals surface area contributed by atoms with E-state index in [1.165, 1.54) is 25.7 Å². The van der Waals surface area contributed by atoms with Gasteiger partial charge in [0, 0.05) is 12.1 Å². The number of rotatable bonds is 3. The first-order valence-electron chi connectivity index (χ1n) is 6.82. The Morgan fingerprint density at radius 3 is 2.84 bits per heavy atom. The average molecular weight is 277 g/mol. The van der Waals surface area contributed by atoms with E-state index in [0.717, 1.165) is 17.5 Å². The van der Waals surface area contributed by atoms with Gasteiger partial charge in [0.1, 0.15) is 0 Å². The molecule has 5 heteroatoms. The summed E-state index contributed by atoms with van der Waals surface area (Å²) in [7, 11) is 1.61. The van der Waals surface area contributed by atoms with Gasteiger partial charge in [0.05, 0.1) is 19.0 Å². The third-order valence-electron chi connectivity index (χ3n) is 4.26. The van der Waals surface area contributed by atoms with Crippen molar-refractivity contribution in [1.29, 1.82) is 0 Å². The van der Waals surface area contributed by atoms with Crippen molar-refractivity contribution in [3.05, 3.63) is 18.3 Å². The molecule has 3 atom stereocenters. The smallest absolute Gasteiger partial charge is 0.213 e. The van der Waals surface area contributed by atoms with Crippen LogP contribution in [0.4, 0.5) is 5.69 Å². The number of aromatic nitrogens is 1. The fourth-order valence-corrected chi connectivity index (χ4v) is 3.60. The predicted molar refractivity (Wildman–Crippen MR) is 79.4 cm³/mol. The van der Waals surface area contributed by atoms with Crippen molar-refractivity contribution in [2.75, 3.05) is 12.4 Å². The zero-order valence-corrected chi connectivity index (χ0v) is 11.9. The van der Waals surface area contributed by atoms with Crippen LogP contribution < -0.4 is 15.4 Å². The molecule has 0 spiro atoms. The van der Waals surface area contributed by atoms with E-state index < -0.39 is 0 Å². The molecule has 3 rings (SSSR count). The molecule has 2 bridgehead atoms. The fraction of sp³-hybridized carbons (Fsp3) is 0.571. The maximum Gasteiger partial charge on any atom is 0.213 e. The second-order valence-corrected chi connectivity index (χ2v) is 5.88. The van der Waals surface area contributed by atoms with Crippen LogP contribution in [-0.2, 0) is 0 Å². The lowest BCUT2D eigenvalue weighted by molar-refractivity contribution is 0.391. The molecule has 0 radical (unpaired) electrons. The molecule has 0 saturated heterocycles. The van der Waals surface area contributed by atoms with Gasteiger partial charge in [0.15, 0.2) is 5.11 Å². The molecule has 1 heterocycles. The molecule has 2 N–H and O–H groups in total. The van der Waals surface area contributed by atoms with E-state index in [0.29, 0.717) is 17.0 Å². The molecule has 0 aromatic carbocycles. The van der Waals surface area contributed by atoms with Gasteiger partial charge < -0.3 is 15.4 Å². The van der Waals surface area contributed by atoms with E-state index >= 15 is 0 Å². The minimum absolute atomic E-state index is 0.560. The summed E-state index contributed by atoms with van der Waals surface area (Å²) in [6.45, 7) is 0. The molecule has 19 heavy (non-hydrogen) atoms. The van der Waals surface area contributed by atoms with E-state index in [1.807, 2.05) is 12.1 Å². The summed E-state index contributed by atoms with van der Waals surface area (Å²) in [5.74, 6) is 2.35. The number of methoxy groups -OCH3 is 1. The van der Waals surface area contributed by atoms with Crippen molar-refractivity contribution in [2.45, 2.75) is 31.7 Å². The summed E-state index contributed by atoms with van der Waals surface area (Å²) in [5, 5.41) is 7.33. The van der Waals surface area contributed by atoms with Crippen LogP contribution in [0, 0.1) is 11.8 Å². The highest BCUT2D eigenvalue weighted by atomic mass is 32.1. The number of hydrogen-bond donors (Lipinski definition) is 2. The lowest BCUT2D eigenvalue weighted by Crippen LogP contribution is -2.40. The maximum absolute atomic E-state index is 5.37. The summed E-state index contributed by atoms with van der Waals surface area (Å²) in [4.78, 5) is 4.15. The lowest BCUT2D eigenvalue weighted by Gasteiger charge is -2.24. The molecular formula is C14H19N3OS. The molecule has 2 aliphatic rings. The highest BCUT2D eigenvalue weighted by molar-refractivity contribution is 7.80. The Labute approximate surface area is 118 Å². The molecule has 0 aliphatic heterocycles. The standard InChI is InChI=1S/C14H19N3OS/c1-18-13-5-4-11(8-15-13)16-14(19)17-12-7-9-2-3-10(12)6-9/h4-5,8-10,12H,2-3,6-7H2,1H3,(H2,16,17,19)/t9-,10+,12+/m0/s1. The average Bonchev–Trinajstić information content (AvgIpc) is 3.02. The normalized spacial score (nSPS) is 28.2. The zero-order valence-electron chi connectivity index (χ0n) is 11.1. The Hall–Kier alpha value is -1.36. The van der Waals surface area contributed by atoms with Gasteiger partial charge in [-0.2, -0.15) is 0 Å². The number of hydrogen-bond acceptors (Lipinski definition) is 3. The van der Waals surface area contributed by atoms with Crippen molar-refractivity contribution in [1.82, 2.24) is 10.3 Å². The SMILES string of the molecule is COc1ccc(NC(=S)N[C@@H]2C[C@H]3CC[C@@H]2C3)cn1. The molecule has 2 aliphatic carbocycles. The van der Waals surface area contributed by atoms with Crippen molar-refractivity contribution < 1.29 is 4.74 Å². The van der Waals surface area contributed by atoms with Crippen LogP contribution in [0.2, 0.25) is 0 Å². The number of thiocarbonyl (C=S) groups is 1. The molecule has 1 aromatic rings. The molecular weight excluding hydrogens is 258 g/mol. The van der Waals surface area contributed by atoms with Gasteiger partial charge in [-0.25, -0.2) is 4.98 Å². The van der Waals surface area contributed by atoms with Gasteiger partial charge in [-0.1, -0.05) is 6.42 Å². The zero-order chi connectivity index (χ0) is 13.2. The maximum atomic E-state index is 5.37. The number of nitrogens with one attached hydrogen (secondary N) is 2. The highest BCUT2D eigenvalue weighted by Gasteiger charge is 2.39. The van der Waals surface area contributed by atoms with Crippen molar-refractivity contribution in [3.63, 3.8) is 0 Å². The molecule has 102 valence electrons. The first kappa shape index (κ1) is 12.7. The Morgan fingerprint density at radius 2 is 2.26 bits per heavy atom. The molecule has 4 nitrogen and oxygen atoms in total. The van der Waals surface area contributed by atoms with Crippen LogP contribution in [-0.4, -0.2) is 23.2 Å². The van der Waals surface area contributed by atoms with E-state index in [4.69, 9.17) is 17.0 Å². The first-order valence-corrected chi connectivity index (χ1v) is 7.23. The summed E-state index contributed by atoms with van der Waals surface area (Å²) in [6, 6.07) is 4.30. The fourth-order valence-electron chi connectivity index (χ4n) is 3.33. The first-order chi connectivity index (χ1) is 9.24. The van der Waals surface area contributed by atoms with Gasteiger partial charge in [-0.05, 0) is 49.4 Å². The van der Waals surface area contributed by atoms with Crippen LogP contribution in [0.3, 0.4) is 0 Å². The van der Waals surface area contributed by atoms with Crippen LogP contribution in [0.25, 0.3) is 0 Å². The molecule has 0 unspecified atom stereocenters. The molecule has 1 aromatic heterocycles. The monoisotopic (exact) mass is 277 g/mol. The quantitative estimate of drug-likeness (QED) is 0.832. The Kier molecular flexibility index (Phi) is 3.55. The third-order valence-corrected chi connectivity index (χ3v) is 4.48. The minimum Gasteiger partial charge on any atom is -0.481 e. The van der Waals surface area contributed by atoms with E-state index in [9.17, 15) is 0 Å². The topological polar surface area (TPSA) is 46.2 Å². The van der Waals surface area contributed by atoms with Gasteiger partial charge in [0.2, 0.25) is 5.88 Å². The van der Waals surface area contributed by atoms with Gasteiger partial charge in [-0.15, -0.1) is 0 Å². The van der Waals surface area contributed by atoms with Crippen molar-refractivity contribution in [3.8, 4) is 5.88 Å². The summed E-state index contributed by atoms with van der Waals surface area (Å²) in [6.07, 6.45) is 7.14. The number of ether oxygens (including phenoxy) is 1. The largest absolute Gasteiger partial charge is 0.481 e. The molecule has 2 saturated carbocycles. The summed E-state index contributed by atoms with van der Waals surface area (Å²) >= 11 is 5.37. The summed E-state index contributed by atoms with van der Waals surface area (Å²) in [5.41, 5.74) is 0.890. The molecule has 0 amide bonds. The lowest BCUT2D eigenvalue weighted by atomic mass is 9.96. The highest BCUT2D eigenvalue weighted by Crippen LogP contribution is 2.44. The number of pyridine rings is 1. The van der Waals surface area contributed by atoms with Gasteiger partial charge in [0.25, 0.3) is 0 Å². The predicted octanol–water partition coefficient (Wildman–Crippen LogP) is 2.57. The second kappa shape index (κ2) is 5.33. The van der Waals surface area contributed by atoms with Crippen LogP contribution in [0.1, 0.15) is 25.7 Å². The number of fused-ring (bicyclic) bond motifs is 2. The van der Waals surface area contributed by atoms with Crippen LogP contribution in [0.15, 0.2) is 18.3 Å². The van der Waals surface area contributed by atoms with Crippen molar-refractivity contribution in [2.24, 2.45) is 11.8 Å². The van der Waals surface area contributed by atoms with Crippen molar-refractivity contribution >= 4 is 23.0 Å². The van der Waals surface area contributed by atoms with Crippen LogP contribution >= 0.6 is 12.2 Å². The minimum atomic E-state index is 0.560. The second-order valence-electron chi connectivity index (χ2n) is 5.47. The van der Waals surface area contributed by atoms with Crippen LogP contribution in [0.5, 0.6) is 5.88 Å². The number of nitrogens with zero attached hydrogens (tertiary/aromatic N) is 1. The van der Waals surface area contributed by atoms with E-state index in [-0.39, 0.29) is 0 Å².